The van der Waals surface area contributed by atoms with Crippen LogP contribution in [-0.2, 0) is 0 Å². The predicted octanol–water partition coefficient (Wildman–Crippen LogP) is 14.7. The van der Waals surface area contributed by atoms with Crippen LogP contribution in [0.25, 0.3) is 82.7 Å². The molecule has 0 amide bonds. The van der Waals surface area contributed by atoms with E-state index in [1.54, 1.807) is 0 Å². The maximum absolute atomic E-state index is 5.28. The molecule has 10 aromatic carbocycles. The van der Waals surface area contributed by atoms with E-state index in [1.807, 2.05) is 0 Å². The lowest BCUT2D eigenvalue weighted by atomic mass is 9.87. The molecule has 1 aliphatic rings. The highest BCUT2D eigenvalue weighted by atomic mass is 15.3. The lowest BCUT2D eigenvalue weighted by molar-refractivity contribution is 0.831. The first-order chi connectivity index (χ1) is 29.8. The number of nitrogens with one attached hydrogen (secondary N) is 1. The molecule has 4 heteroatoms. The van der Waals surface area contributed by atoms with Gasteiger partial charge in [-0.1, -0.05) is 170 Å². The zero-order chi connectivity index (χ0) is 39.6. The first-order valence-electron chi connectivity index (χ1n) is 20.6. The number of anilines is 3. The van der Waals surface area contributed by atoms with Gasteiger partial charge >= 0.3 is 0 Å². The van der Waals surface area contributed by atoms with Gasteiger partial charge in [-0.15, -0.1) is 0 Å². The van der Waals surface area contributed by atoms with E-state index in [4.69, 9.17) is 4.98 Å². The molecule has 1 atom stereocenters. The van der Waals surface area contributed by atoms with E-state index < -0.39 is 0 Å². The molecule has 282 valence electrons. The molecule has 0 bridgehead atoms. The van der Waals surface area contributed by atoms with E-state index in [2.05, 4.69) is 233 Å². The zero-order valence-corrected chi connectivity index (χ0v) is 32.7. The van der Waals surface area contributed by atoms with Gasteiger partial charge in [0.05, 0.1) is 33.8 Å². The van der Waals surface area contributed by atoms with E-state index in [0.717, 1.165) is 50.6 Å². The van der Waals surface area contributed by atoms with E-state index in [0.29, 0.717) is 0 Å². The summed E-state index contributed by atoms with van der Waals surface area (Å²) in [4.78, 5) is 7.77. The zero-order valence-electron chi connectivity index (χ0n) is 32.7. The van der Waals surface area contributed by atoms with Gasteiger partial charge in [0.25, 0.3) is 0 Å². The number of fused-ring (bicyclic) bond motifs is 5. The van der Waals surface area contributed by atoms with Crippen molar-refractivity contribution in [3.8, 4) is 39.3 Å². The summed E-state index contributed by atoms with van der Waals surface area (Å²) in [6.07, 6.45) is -0.100. The van der Waals surface area contributed by atoms with Gasteiger partial charge in [0.1, 0.15) is 12.0 Å². The van der Waals surface area contributed by atoms with Crippen LogP contribution in [0, 0.1) is 0 Å². The Bertz CT molecular complexity index is 3410. The fraction of sp³-hybridized carbons (Fsp3) is 0.0179. The van der Waals surface area contributed by atoms with Crippen molar-refractivity contribution < 1.29 is 0 Å². The van der Waals surface area contributed by atoms with Gasteiger partial charge in [-0.05, 0) is 97.9 Å². The average molecular weight is 767 g/mol. The van der Waals surface area contributed by atoms with Crippen molar-refractivity contribution in [3.63, 3.8) is 0 Å². The highest BCUT2D eigenvalue weighted by Gasteiger charge is 2.32. The molecule has 0 spiro atoms. The lowest BCUT2D eigenvalue weighted by Gasteiger charge is -2.29. The second-order valence-electron chi connectivity index (χ2n) is 15.6. The van der Waals surface area contributed by atoms with Crippen LogP contribution in [0.1, 0.15) is 11.7 Å². The molecular formula is C56H38N4. The summed E-state index contributed by atoms with van der Waals surface area (Å²) < 4.78 is 2.36. The Morgan fingerprint density at radius 1 is 0.417 bits per heavy atom. The molecule has 12 rings (SSSR count). The van der Waals surface area contributed by atoms with Gasteiger partial charge < -0.3 is 10.2 Å². The summed E-state index contributed by atoms with van der Waals surface area (Å²) in [5, 5.41) is 11.0. The Kier molecular flexibility index (Phi) is 7.88. The van der Waals surface area contributed by atoms with Gasteiger partial charge in [-0.3, -0.25) is 4.57 Å². The molecule has 0 saturated carbocycles. The summed E-state index contributed by atoms with van der Waals surface area (Å²) >= 11 is 0. The first-order valence-corrected chi connectivity index (χ1v) is 20.6. The van der Waals surface area contributed by atoms with E-state index in [9.17, 15) is 0 Å². The van der Waals surface area contributed by atoms with Crippen molar-refractivity contribution in [2.75, 3.05) is 10.2 Å². The number of imidazole rings is 1. The van der Waals surface area contributed by atoms with Crippen molar-refractivity contribution in [1.29, 1.82) is 0 Å². The number of nitrogens with zero attached hydrogens (tertiary/aromatic N) is 3. The van der Waals surface area contributed by atoms with Crippen molar-refractivity contribution >= 4 is 60.4 Å². The summed E-state index contributed by atoms with van der Waals surface area (Å²) in [7, 11) is 0. The molecule has 2 heterocycles. The Morgan fingerprint density at radius 2 is 1.05 bits per heavy atom. The Hall–Kier alpha value is -7.95. The van der Waals surface area contributed by atoms with Gasteiger partial charge in [0.2, 0.25) is 0 Å². The SMILES string of the molecule is c1ccc(-c2ccc3cccc(-c4c5cccc(N6c7ccccc7NC6c6ccccc6)c5cc5c(-n6c(-c7ccccc7)nc7ccccc76)cccc45)c3c2)cc1. The molecule has 0 aliphatic carbocycles. The first kappa shape index (κ1) is 34.1. The van der Waals surface area contributed by atoms with Crippen molar-refractivity contribution in [1.82, 2.24) is 9.55 Å². The standard InChI is InChI=1S/C56H38N4/c1-4-17-37(18-5-1)41-34-33-38-23-14-24-42(45(38)35-41)54-43-25-15-31-50(59-52-29-12-10-27-48(52)57-55(59)39-19-6-2-7-20-39)46(43)36-47-44(54)26-16-32-51(47)60-53-30-13-11-28-49(53)58-56(60)40-21-8-3-9-22-40/h1-36,55,57H. The number of hydrogen-bond donors (Lipinski definition) is 1. The molecule has 1 aromatic heterocycles. The third kappa shape index (κ3) is 5.42. The average Bonchev–Trinajstić information content (AvgIpc) is 3.90. The van der Waals surface area contributed by atoms with E-state index >= 15 is 0 Å². The highest BCUT2D eigenvalue weighted by Crippen LogP contribution is 2.51. The Morgan fingerprint density at radius 3 is 1.85 bits per heavy atom. The molecule has 0 radical (unpaired) electrons. The fourth-order valence-electron chi connectivity index (χ4n) is 9.47. The Labute approximate surface area is 348 Å². The minimum Gasteiger partial charge on any atom is -0.359 e. The molecule has 1 aliphatic heterocycles. The van der Waals surface area contributed by atoms with Crippen LogP contribution in [0.4, 0.5) is 17.1 Å². The van der Waals surface area contributed by atoms with Crippen molar-refractivity contribution in [2.45, 2.75) is 6.17 Å². The summed E-state index contributed by atoms with van der Waals surface area (Å²) in [6.45, 7) is 0. The molecule has 0 saturated heterocycles. The quantitative estimate of drug-likeness (QED) is 0.171. The summed E-state index contributed by atoms with van der Waals surface area (Å²) in [6, 6.07) is 78.9. The van der Waals surface area contributed by atoms with Crippen LogP contribution < -0.4 is 10.2 Å². The molecule has 1 unspecified atom stereocenters. The minimum atomic E-state index is -0.100. The minimum absolute atomic E-state index is 0.100. The molecule has 11 aromatic rings. The molecular weight excluding hydrogens is 729 g/mol. The number of hydrogen-bond acceptors (Lipinski definition) is 3. The van der Waals surface area contributed by atoms with Crippen LogP contribution in [0.2, 0.25) is 0 Å². The van der Waals surface area contributed by atoms with E-state index in [-0.39, 0.29) is 6.17 Å². The molecule has 1 N–H and O–H groups in total. The fourth-order valence-corrected chi connectivity index (χ4v) is 9.47. The highest BCUT2D eigenvalue weighted by molar-refractivity contribution is 6.21. The van der Waals surface area contributed by atoms with Gasteiger partial charge in [-0.2, -0.15) is 0 Å². The smallest absolute Gasteiger partial charge is 0.145 e. The van der Waals surface area contributed by atoms with Crippen LogP contribution in [0.5, 0.6) is 0 Å². The third-order valence-electron chi connectivity index (χ3n) is 12.2. The number of aromatic nitrogens is 2. The van der Waals surface area contributed by atoms with Gasteiger partial charge in [-0.25, -0.2) is 4.98 Å². The largest absolute Gasteiger partial charge is 0.359 e. The molecule has 60 heavy (non-hydrogen) atoms. The number of benzene rings is 10. The molecule has 0 fully saturated rings. The van der Waals surface area contributed by atoms with Crippen LogP contribution in [0.3, 0.4) is 0 Å². The van der Waals surface area contributed by atoms with Crippen molar-refractivity contribution in [3.05, 3.63) is 224 Å². The molecule has 4 nitrogen and oxygen atoms in total. The number of para-hydroxylation sites is 4. The topological polar surface area (TPSA) is 33.1 Å². The lowest BCUT2D eigenvalue weighted by Crippen LogP contribution is -2.23. The summed E-state index contributed by atoms with van der Waals surface area (Å²) in [5.74, 6) is 0.915. The second-order valence-corrected chi connectivity index (χ2v) is 15.6. The maximum Gasteiger partial charge on any atom is 0.145 e. The van der Waals surface area contributed by atoms with Crippen molar-refractivity contribution in [2.24, 2.45) is 0 Å². The van der Waals surface area contributed by atoms with Crippen LogP contribution in [0.15, 0.2) is 218 Å². The van der Waals surface area contributed by atoms with Crippen LogP contribution in [-0.4, -0.2) is 9.55 Å². The van der Waals surface area contributed by atoms with Gasteiger partial charge in [0, 0.05) is 16.3 Å². The Balaban J connectivity index is 1.21. The second kappa shape index (κ2) is 13.9. The van der Waals surface area contributed by atoms with Gasteiger partial charge in [0.15, 0.2) is 0 Å². The van der Waals surface area contributed by atoms with E-state index in [1.165, 1.54) is 54.7 Å². The predicted molar refractivity (Wildman–Crippen MR) is 251 cm³/mol. The third-order valence-corrected chi connectivity index (χ3v) is 12.2. The maximum atomic E-state index is 5.28. The van der Waals surface area contributed by atoms with Crippen LogP contribution >= 0.6 is 0 Å². The normalized spacial score (nSPS) is 13.6. The monoisotopic (exact) mass is 766 g/mol. The number of rotatable bonds is 6. The summed E-state index contributed by atoms with van der Waals surface area (Å²) in [5.41, 5.74) is 13.6.